The number of carbonyl (C=O) groups excluding carboxylic acids is 3. The Morgan fingerprint density at radius 1 is 0.968 bits per heavy atom. The van der Waals surface area contributed by atoms with Gasteiger partial charge in [-0.25, -0.2) is 0 Å². The van der Waals surface area contributed by atoms with Gasteiger partial charge in [-0.1, -0.05) is 13.8 Å². The minimum absolute atomic E-state index is 0.0271. The summed E-state index contributed by atoms with van der Waals surface area (Å²) in [6, 6.07) is 8.92. The number of rotatable bonds is 3. The third kappa shape index (κ3) is 4.17. The molecule has 7 heteroatoms. The van der Waals surface area contributed by atoms with E-state index < -0.39 is 5.56 Å². The zero-order chi connectivity index (χ0) is 22.3. The van der Waals surface area contributed by atoms with E-state index in [4.69, 9.17) is 0 Å². The molecule has 4 rings (SSSR count). The third-order valence-corrected chi connectivity index (χ3v) is 6.15. The molecule has 162 valence electrons. The molecule has 1 amide bonds. The summed E-state index contributed by atoms with van der Waals surface area (Å²) in [5, 5.41) is 0. The second-order valence-electron chi connectivity index (χ2n) is 9.23. The highest BCUT2D eigenvalue weighted by Crippen LogP contribution is 2.33. The van der Waals surface area contributed by atoms with E-state index >= 15 is 0 Å². The second-order valence-corrected chi connectivity index (χ2v) is 9.23. The Morgan fingerprint density at radius 3 is 2.23 bits per heavy atom. The lowest BCUT2D eigenvalue weighted by atomic mass is 9.75. The van der Waals surface area contributed by atoms with Crippen LogP contribution in [0.5, 0.6) is 0 Å². The van der Waals surface area contributed by atoms with Crippen LogP contribution in [-0.4, -0.2) is 53.5 Å². The topological polar surface area (TPSA) is 90.6 Å². The molecule has 31 heavy (non-hydrogen) atoms. The van der Waals surface area contributed by atoms with Gasteiger partial charge in [0.1, 0.15) is 5.56 Å². The van der Waals surface area contributed by atoms with Crippen LogP contribution in [0.25, 0.3) is 0 Å². The predicted octanol–water partition coefficient (Wildman–Crippen LogP) is 2.70. The van der Waals surface area contributed by atoms with Crippen LogP contribution in [0.1, 0.15) is 64.0 Å². The van der Waals surface area contributed by atoms with Crippen molar-refractivity contribution in [2.45, 2.75) is 33.6 Å². The molecule has 0 bridgehead atoms. The summed E-state index contributed by atoms with van der Waals surface area (Å²) in [5.41, 5.74) is 2.16. The van der Waals surface area contributed by atoms with Gasteiger partial charge in [0.05, 0.1) is 0 Å². The highest BCUT2D eigenvalue weighted by atomic mass is 16.2. The maximum absolute atomic E-state index is 13.0. The van der Waals surface area contributed by atoms with Crippen molar-refractivity contribution in [1.82, 2.24) is 9.88 Å². The van der Waals surface area contributed by atoms with Gasteiger partial charge in [-0.15, -0.1) is 0 Å². The van der Waals surface area contributed by atoms with Crippen LogP contribution in [0, 0.1) is 5.41 Å². The van der Waals surface area contributed by atoms with E-state index in [1.54, 1.807) is 17.0 Å². The fourth-order valence-electron chi connectivity index (χ4n) is 4.43. The standard InChI is InChI=1S/C24H27N3O4/c1-15(28)16-4-6-17(7-5-16)26-8-10-27(11-9-26)23(31)19-12-18-20(25-22(19)30)13-24(2,3)14-21(18)29/h4-7,12H,8-11,13-14H2,1-3H3,(H,25,30). The molecule has 1 aliphatic heterocycles. The molecule has 1 aromatic carbocycles. The summed E-state index contributed by atoms with van der Waals surface area (Å²) in [4.78, 5) is 56.3. The molecule has 7 nitrogen and oxygen atoms in total. The van der Waals surface area contributed by atoms with E-state index in [2.05, 4.69) is 9.88 Å². The quantitative estimate of drug-likeness (QED) is 0.770. The Bertz CT molecular complexity index is 1110. The van der Waals surface area contributed by atoms with Crippen molar-refractivity contribution < 1.29 is 14.4 Å². The number of fused-ring (bicyclic) bond motifs is 1. The highest BCUT2D eigenvalue weighted by Gasteiger charge is 2.33. The SMILES string of the molecule is CC(=O)c1ccc(N2CCN(C(=O)c3cc4c([nH]c3=O)CC(C)(C)CC4=O)CC2)cc1. The molecular weight excluding hydrogens is 394 g/mol. The number of amides is 1. The van der Waals surface area contributed by atoms with Crippen LogP contribution in [0.4, 0.5) is 5.69 Å². The number of nitrogens with one attached hydrogen (secondary N) is 1. The molecule has 1 fully saturated rings. The smallest absolute Gasteiger partial charge is 0.261 e. The number of piperazine rings is 1. The van der Waals surface area contributed by atoms with Crippen LogP contribution in [0.3, 0.4) is 0 Å². The first-order valence-corrected chi connectivity index (χ1v) is 10.6. The number of anilines is 1. The van der Waals surface area contributed by atoms with E-state index in [1.807, 2.05) is 26.0 Å². The van der Waals surface area contributed by atoms with Crippen LogP contribution in [0.2, 0.25) is 0 Å². The number of pyridine rings is 1. The molecule has 0 radical (unpaired) electrons. The molecule has 0 saturated carbocycles. The molecule has 1 N–H and O–H groups in total. The van der Waals surface area contributed by atoms with Crippen molar-refractivity contribution in [2.24, 2.45) is 5.41 Å². The summed E-state index contributed by atoms with van der Waals surface area (Å²) in [6.07, 6.45) is 1.01. The monoisotopic (exact) mass is 421 g/mol. The van der Waals surface area contributed by atoms with Gasteiger partial charge < -0.3 is 14.8 Å². The highest BCUT2D eigenvalue weighted by molar-refractivity contribution is 6.02. The number of ketones is 2. The van der Waals surface area contributed by atoms with Crippen molar-refractivity contribution in [2.75, 3.05) is 31.1 Å². The Kier molecular flexibility index (Phi) is 5.29. The van der Waals surface area contributed by atoms with Crippen LogP contribution in [0.15, 0.2) is 35.1 Å². The zero-order valence-corrected chi connectivity index (χ0v) is 18.2. The number of benzene rings is 1. The molecule has 1 aliphatic carbocycles. The number of hydrogen-bond donors (Lipinski definition) is 1. The first-order valence-electron chi connectivity index (χ1n) is 10.6. The number of hydrogen-bond acceptors (Lipinski definition) is 5. The molecule has 1 saturated heterocycles. The van der Waals surface area contributed by atoms with Crippen LogP contribution < -0.4 is 10.5 Å². The van der Waals surface area contributed by atoms with Crippen LogP contribution >= 0.6 is 0 Å². The molecule has 0 atom stereocenters. The fourth-order valence-corrected chi connectivity index (χ4v) is 4.43. The van der Waals surface area contributed by atoms with Crippen molar-refractivity contribution in [3.8, 4) is 0 Å². The zero-order valence-electron chi connectivity index (χ0n) is 18.2. The van der Waals surface area contributed by atoms with Gasteiger partial charge in [0.25, 0.3) is 11.5 Å². The second kappa shape index (κ2) is 7.80. The summed E-state index contributed by atoms with van der Waals surface area (Å²) >= 11 is 0. The molecule has 0 unspecified atom stereocenters. The molecule has 2 aliphatic rings. The Balaban J connectivity index is 1.48. The molecule has 2 aromatic rings. The van der Waals surface area contributed by atoms with E-state index in [0.717, 1.165) is 5.69 Å². The maximum Gasteiger partial charge on any atom is 0.261 e. The average Bonchev–Trinajstić information content (AvgIpc) is 2.72. The normalized spacial score (nSPS) is 18.0. The lowest BCUT2D eigenvalue weighted by Crippen LogP contribution is -2.49. The molecule has 2 heterocycles. The summed E-state index contributed by atoms with van der Waals surface area (Å²) in [5.74, 6) is -0.345. The largest absolute Gasteiger partial charge is 0.368 e. The van der Waals surface area contributed by atoms with Crippen molar-refractivity contribution in [1.29, 1.82) is 0 Å². The third-order valence-electron chi connectivity index (χ3n) is 6.15. The number of carbonyl (C=O) groups is 3. The minimum atomic E-state index is -0.434. The fraction of sp³-hybridized carbons (Fsp3) is 0.417. The Hall–Kier alpha value is -3.22. The number of aromatic nitrogens is 1. The summed E-state index contributed by atoms with van der Waals surface area (Å²) in [6.45, 7) is 7.74. The first-order chi connectivity index (χ1) is 14.6. The van der Waals surface area contributed by atoms with Gasteiger partial charge in [-0.05, 0) is 49.1 Å². The minimum Gasteiger partial charge on any atom is -0.368 e. The lowest BCUT2D eigenvalue weighted by molar-refractivity contribution is 0.0744. The van der Waals surface area contributed by atoms with E-state index in [0.29, 0.717) is 55.8 Å². The van der Waals surface area contributed by atoms with E-state index in [9.17, 15) is 19.2 Å². The number of Topliss-reactive ketones (excluding diaryl/α,β-unsaturated/α-hetero) is 2. The summed E-state index contributed by atoms with van der Waals surface area (Å²) in [7, 11) is 0. The molecule has 0 spiro atoms. The van der Waals surface area contributed by atoms with Gasteiger partial charge >= 0.3 is 0 Å². The molecular formula is C24H27N3O4. The Morgan fingerprint density at radius 2 is 1.61 bits per heavy atom. The van der Waals surface area contributed by atoms with Crippen molar-refractivity contribution in [3.05, 3.63) is 63.1 Å². The summed E-state index contributed by atoms with van der Waals surface area (Å²) < 4.78 is 0. The van der Waals surface area contributed by atoms with Gasteiger partial charge in [-0.2, -0.15) is 0 Å². The van der Waals surface area contributed by atoms with Gasteiger partial charge in [0, 0.05) is 55.1 Å². The average molecular weight is 421 g/mol. The van der Waals surface area contributed by atoms with Crippen molar-refractivity contribution in [3.63, 3.8) is 0 Å². The van der Waals surface area contributed by atoms with Gasteiger partial charge in [0.15, 0.2) is 11.6 Å². The van der Waals surface area contributed by atoms with E-state index in [-0.39, 0.29) is 28.5 Å². The number of aromatic amines is 1. The number of nitrogens with zero attached hydrogens (tertiary/aromatic N) is 2. The van der Waals surface area contributed by atoms with Crippen molar-refractivity contribution >= 4 is 23.2 Å². The predicted molar refractivity (Wildman–Crippen MR) is 118 cm³/mol. The first kappa shape index (κ1) is 21.0. The number of H-pyrrole nitrogens is 1. The lowest BCUT2D eigenvalue weighted by Gasteiger charge is -2.36. The van der Waals surface area contributed by atoms with Gasteiger partial charge in [-0.3, -0.25) is 19.2 Å². The van der Waals surface area contributed by atoms with E-state index in [1.165, 1.54) is 13.0 Å². The van der Waals surface area contributed by atoms with Gasteiger partial charge in [0.2, 0.25) is 0 Å². The maximum atomic E-state index is 13.0. The Labute approximate surface area is 181 Å². The van der Waals surface area contributed by atoms with Crippen LogP contribution in [-0.2, 0) is 6.42 Å². The molecule has 1 aromatic heterocycles.